The van der Waals surface area contributed by atoms with Crippen LogP contribution in [0.4, 0.5) is 24.7 Å². The summed E-state index contributed by atoms with van der Waals surface area (Å²) in [6.45, 7) is 4.61. The molecular weight excluding hydrogens is 803 g/mol. The first kappa shape index (κ1) is 44.4. The first-order valence-corrected chi connectivity index (χ1v) is 19.8. The average molecular weight is 852 g/mol. The lowest BCUT2D eigenvalue weighted by Gasteiger charge is -2.24. The number of piperidine rings is 1. The van der Waals surface area contributed by atoms with Crippen LogP contribution >= 0.6 is 0 Å². The second-order valence-corrected chi connectivity index (χ2v) is 15.7. The van der Waals surface area contributed by atoms with E-state index >= 15 is 0 Å². The highest BCUT2D eigenvalue weighted by molar-refractivity contribution is 6.08. The number of ketones is 1. The number of fused-ring (bicyclic) bond motifs is 1. The first-order valence-electron chi connectivity index (χ1n) is 19.8. The van der Waals surface area contributed by atoms with Crippen LogP contribution in [0.15, 0.2) is 58.2 Å². The Kier molecular flexibility index (Phi) is 13.9. The third-order valence-electron chi connectivity index (χ3n) is 9.93. The molecule has 0 aliphatic carbocycles. The summed E-state index contributed by atoms with van der Waals surface area (Å²) >= 11 is 0. The van der Waals surface area contributed by atoms with Crippen molar-refractivity contribution in [3.63, 3.8) is 0 Å². The number of imidazole rings is 1. The van der Waals surface area contributed by atoms with Crippen molar-refractivity contribution in [2.75, 3.05) is 43.6 Å². The van der Waals surface area contributed by atoms with Crippen LogP contribution in [-0.2, 0) is 39.6 Å². The van der Waals surface area contributed by atoms with Crippen molar-refractivity contribution in [1.82, 2.24) is 34.2 Å². The van der Waals surface area contributed by atoms with Gasteiger partial charge in [-0.1, -0.05) is 26.0 Å². The summed E-state index contributed by atoms with van der Waals surface area (Å²) in [5.74, 6) is -1.81. The van der Waals surface area contributed by atoms with Crippen LogP contribution in [0.3, 0.4) is 0 Å². The van der Waals surface area contributed by atoms with Gasteiger partial charge in [0.05, 0.1) is 29.9 Å². The van der Waals surface area contributed by atoms with Crippen LogP contribution in [0.1, 0.15) is 85.0 Å². The van der Waals surface area contributed by atoms with Gasteiger partial charge in [-0.15, -0.1) is 0 Å². The van der Waals surface area contributed by atoms with E-state index in [0.29, 0.717) is 63.2 Å². The molecule has 0 spiro atoms. The molecule has 1 aliphatic heterocycles. The smallest absolute Gasteiger partial charge is 0.405 e. The molecule has 3 N–H and O–H groups in total. The van der Waals surface area contributed by atoms with Crippen molar-refractivity contribution in [2.45, 2.75) is 71.0 Å². The zero-order chi connectivity index (χ0) is 43.9. The Morgan fingerprint density at radius 1 is 1.03 bits per heavy atom. The van der Waals surface area contributed by atoms with Crippen LogP contribution in [-0.4, -0.2) is 91.5 Å². The number of aromatic nitrogens is 6. The van der Waals surface area contributed by atoms with E-state index in [9.17, 15) is 37.1 Å². The fourth-order valence-electron chi connectivity index (χ4n) is 7.00. The number of hydrogen-bond donors (Lipinski definition) is 3. The van der Waals surface area contributed by atoms with E-state index in [1.165, 1.54) is 33.8 Å². The summed E-state index contributed by atoms with van der Waals surface area (Å²) in [6, 6.07) is 7.69. The normalized spacial score (nSPS) is 14.7. The molecule has 5 aromatic rings. The summed E-state index contributed by atoms with van der Waals surface area (Å²) in [7, 11) is 3.30. The molecule has 0 saturated carbocycles. The van der Waals surface area contributed by atoms with Crippen molar-refractivity contribution in [3.8, 4) is 11.5 Å². The number of nitrogens with one attached hydrogen (secondary N) is 3. The SMILES string of the molecule is Cn1cc(NC(=O)c2coc(-c3ccnc(NCC(F)(F)F)c3)n2)c(C(=O)CCCCOCC(C)(C)COCCCc2cccc3c2n(C)c(=O)n3C2CCC(=O)NC2=O)n1. The third-order valence-corrected chi connectivity index (χ3v) is 9.93. The molecule has 3 amide bonds. The number of anilines is 2. The standard InChI is InChI=1S/C41H48F3N9O8/c1-40(2,24-60-18-8-10-25-9-7-11-29-35(25)52(4)39(58)53(29)30-13-14-33(55)49-37(30)57)23-59-17-6-5-12-31(54)34-27(20-51(3)50-34)47-36(56)28-21-61-38(48-28)26-15-16-45-32(19-26)46-22-41(42,43)44/h7,9,11,15-16,19-21,30H,5-6,8,10,12-14,17-18,22-24H2,1-4H3,(H,45,46)(H,47,56)(H,49,55,57). The zero-order valence-electron chi connectivity index (χ0n) is 34.3. The quantitative estimate of drug-likeness (QED) is 0.0513. The van der Waals surface area contributed by atoms with Crippen molar-refractivity contribution >= 4 is 46.0 Å². The van der Waals surface area contributed by atoms with Gasteiger partial charge in [-0.3, -0.25) is 38.3 Å². The number of unbranched alkanes of at least 4 members (excludes halogenated alkanes) is 1. The highest BCUT2D eigenvalue weighted by atomic mass is 19.4. The lowest BCUT2D eigenvalue weighted by molar-refractivity contribution is -0.135. The Morgan fingerprint density at radius 2 is 1.79 bits per heavy atom. The maximum absolute atomic E-state index is 13.2. The van der Waals surface area contributed by atoms with Crippen LogP contribution in [0.5, 0.6) is 0 Å². The number of ether oxygens (including phenoxy) is 2. The Labute approximate surface area is 348 Å². The number of carbonyl (C=O) groups excluding carboxylic acids is 4. The number of aryl methyl sites for hydroxylation is 3. The van der Waals surface area contributed by atoms with Gasteiger partial charge in [0.25, 0.3) is 5.91 Å². The van der Waals surface area contributed by atoms with Crippen molar-refractivity contribution in [3.05, 3.63) is 76.4 Å². The number of imide groups is 1. The van der Waals surface area contributed by atoms with Gasteiger partial charge in [-0.25, -0.2) is 14.8 Å². The molecule has 1 unspecified atom stereocenters. The number of rotatable bonds is 20. The van der Waals surface area contributed by atoms with Crippen LogP contribution in [0.25, 0.3) is 22.5 Å². The Hall–Kier alpha value is -6.15. The fourth-order valence-corrected chi connectivity index (χ4v) is 7.00. The molecule has 1 aromatic carbocycles. The number of hydrogen-bond acceptors (Lipinski definition) is 12. The number of halogens is 3. The Bertz CT molecular complexity index is 2450. The summed E-state index contributed by atoms with van der Waals surface area (Å²) in [5.41, 5.74) is 2.24. The summed E-state index contributed by atoms with van der Waals surface area (Å²) in [5, 5.41) is 11.4. The number of pyridine rings is 1. The average Bonchev–Trinajstić information content (AvgIpc) is 3.91. The number of carbonyl (C=O) groups is 4. The van der Waals surface area contributed by atoms with Gasteiger partial charge in [0, 0.05) is 63.5 Å². The number of para-hydroxylation sites is 1. The second kappa shape index (κ2) is 19.1. The van der Waals surface area contributed by atoms with Gasteiger partial charge in [0.2, 0.25) is 17.7 Å². The molecule has 1 aliphatic rings. The minimum atomic E-state index is -4.43. The van der Waals surface area contributed by atoms with Crippen molar-refractivity contribution in [1.29, 1.82) is 0 Å². The molecule has 1 saturated heterocycles. The number of benzene rings is 1. The van der Waals surface area contributed by atoms with E-state index in [2.05, 4.69) is 31.0 Å². The molecule has 17 nitrogen and oxygen atoms in total. The molecule has 6 rings (SSSR count). The molecule has 326 valence electrons. The molecule has 1 fully saturated rings. The number of alkyl halides is 3. The largest absolute Gasteiger partial charge is 0.444 e. The molecular formula is C41H48F3N9O8. The highest BCUT2D eigenvalue weighted by Crippen LogP contribution is 2.27. The number of oxazole rings is 1. The first-order chi connectivity index (χ1) is 29.0. The van der Waals surface area contributed by atoms with Crippen LogP contribution < -0.4 is 21.6 Å². The monoisotopic (exact) mass is 851 g/mol. The number of Topliss-reactive ketones (excluding diaryl/α,β-unsaturated/α-hetero) is 1. The number of amides is 3. The Morgan fingerprint density at radius 3 is 2.52 bits per heavy atom. The number of nitrogens with zero attached hydrogens (tertiary/aromatic N) is 6. The predicted molar refractivity (Wildman–Crippen MR) is 216 cm³/mol. The molecule has 4 aromatic heterocycles. The van der Waals surface area contributed by atoms with Gasteiger partial charge in [0.15, 0.2) is 17.2 Å². The second-order valence-electron chi connectivity index (χ2n) is 15.7. The Balaban J connectivity index is 0.900. The van der Waals surface area contributed by atoms with Gasteiger partial charge >= 0.3 is 11.9 Å². The summed E-state index contributed by atoms with van der Waals surface area (Å²) < 4.78 is 59.6. The third kappa shape index (κ3) is 11.4. The highest BCUT2D eigenvalue weighted by Gasteiger charge is 2.32. The maximum atomic E-state index is 13.2. The lowest BCUT2D eigenvalue weighted by atomic mass is 9.96. The van der Waals surface area contributed by atoms with E-state index in [0.717, 1.165) is 17.3 Å². The van der Waals surface area contributed by atoms with E-state index in [1.807, 2.05) is 32.0 Å². The molecule has 0 bridgehead atoms. The van der Waals surface area contributed by atoms with Gasteiger partial charge in [-0.05, 0) is 55.9 Å². The van der Waals surface area contributed by atoms with Crippen molar-refractivity contribution < 1.29 is 46.2 Å². The van der Waals surface area contributed by atoms with E-state index < -0.39 is 30.6 Å². The summed E-state index contributed by atoms with van der Waals surface area (Å²) in [4.78, 5) is 71.6. The molecule has 0 radical (unpaired) electrons. The van der Waals surface area contributed by atoms with E-state index in [-0.39, 0.29) is 70.8 Å². The molecule has 61 heavy (non-hydrogen) atoms. The fraction of sp³-hybridized carbons (Fsp3) is 0.463. The maximum Gasteiger partial charge on any atom is 0.405 e. The molecule has 1 atom stereocenters. The lowest BCUT2D eigenvalue weighted by Crippen LogP contribution is -2.44. The zero-order valence-corrected chi connectivity index (χ0v) is 34.3. The molecule has 20 heteroatoms. The van der Waals surface area contributed by atoms with Gasteiger partial charge in [0.1, 0.15) is 24.7 Å². The van der Waals surface area contributed by atoms with Crippen LogP contribution in [0.2, 0.25) is 0 Å². The molecule has 5 heterocycles. The van der Waals surface area contributed by atoms with E-state index in [1.54, 1.807) is 18.7 Å². The van der Waals surface area contributed by atoms with E-state index in [4.69, 9.17) is 13.9 Å². The van der Waals surface area contributed by atoms with Gasteiger partial charge < -0.3 is 24.5 Å². The minimum Gasteiger partial charge on any atom is -0.444 e. The minimum absolute atomic E-state index is 0.0116. The van der Waals surface area contributed by atoms with Crippen molar-refractivity contribution in [2.24, 2.45) is 19.5 Å². The van der Waals surface area contributed by atoms with Crippen LogP contribution in [0, 0.1) is 5.41 Å². The topological polar surface area (TPSA) is 206 Å². The predicted octanol–water partition coefficient (Wildman–Crippen LogP) is 5.37. The summed E-state index contributed by atoms with van der Waals surface area (Å²) in [6.07, 6.45) is 2.55. The van der Waals surface area contributed by atoms with Gasteiger partial charge in [-0.2, -0.15) is 18.3 Å².